The van der Waals surface area contributed by atoms with Crippen LogP contribution in [-0.2, 0) is 0 Å². The normalized spacial score (nSPS) is 12.9. The van der Waals surface area contributed by atoms with E-state index in [0.29, 0.717) is 0 Å². The first-order valence-electron chi connectivity index (χ1n) is 5.06. The fourth-order valence-electron chi connectivity index (χ4n) is 1.53. The fraction of sp³-hybridized carbons (Fsp3) is 0.273. The number of alkyl halides is 2. The van der Waals surface area contributed by atoms with Crippen molar-refractivity contribution in [3.05, 3.63) is 47.7 Å². The summed E-state index contributed by atoms with van der Waals surface area (Å²) in [5.74, 6) is -0.523. The van der Waals surface area contributed by atoms with E-state index < -0.39 is 12.3 Å². The number of rotatable bonds is 4. The lowest BCUT2D eigenvalue weighted by Crippen LogP contribution is -2.17. The molecule has 1 aromatic heterocycles. The van der Waals surface area contributed by atoms with E-state index in [1.807, 2.05) is 30.3 Å². The average molecular weight is 239 g/mol. The van der Waals surface area contributed by atoms with Gasteiger partial charge in [0.05, 0.1) is 0 Å². The highest BCUT2D eigenvalue weighted by atomic mass is 19.3. The van der Waals surface area contributed by atoms with Crippen LogP contribution >= 0.6 is 0 Å². The highest BCUT2D eigenvalue weighted by Gasteiger charge is 2.22. The summed E-state index contributed by atoms with van der Waals surface area (Å²) in [4.78, 5) is 0. The molecule has 0 saturated heterocycles. The Bertz CT molecular complexity index is 473. The van der Waals surface area contributed by atoms with Gasteiger partial charge in [-0.3, -0.25) is 0 Å². The number of hydrogen-bond acceptors (Lipinski definition) is 4. The summed E-state index contributed by atoms with van der Waals surface area (Å²) in [7, 11) is 1.70. The Kier molecular flexibility index (Phi) is 3.43. The number of nitrogens with zero attached hydrogens (tertiary/aromatic N) is 2. The predicted molar refractivity (Wildman–Crippen MR) is 56.6 cm³/mol. The third-order valence-corrected chi connectivity index (χ3v) is 2.31. The molecule has 1 unspecified atom stereocenters. The van der Waals surface area contributed by atoms with E-state index in [2.05, 4.69) is 15.5 Å². The molecule has 90 valence electrons. The Labute approximate surface area is 96.7 Å². The van der Waals surface area contributed by atoms with Crippen molar-refractivity contribution in [2.24, 2.45) is 0 Å². The molecular weight excluding hydrogens is 228 g/mol. The molecule has 0 fully saturated rings. The van der Waals surface area contributed by atoms with E-state index in [0.717, 1.165) is 5.56 Å². The first kappa shape index (κ1) is 11.7. The quantitative estimate of drug-likeness (QED) is 0.889. The van der Waals surface area contributed by atoms with Crippen molar-refractivity contribution in [1.29, 1.82) is 0 Å². The number of benzene rings is 1. The van der Waals surface area contributed by atoms with Gasteiger partial charge in [-0.25, -0.2) is 0 Å². The predicted octanol–water partition coefficient (Wildman–Crippen LogP) is 2.32. The topological polar surface area (TPSA) is 51.0 Å². The zero-order valence-electron chi connectivity index (χ0n) is 9.10. The molecule has 0 amide bonds. The molecule has 1 atom stereocenters. The van der Waals surface area contributed by atoms with E-state index >= 15 is 0 Å². The van der Waals surface area contributed by atoms with Crippen molar-refractivity contribution in [1.82, 2.24) is 15.5 Å². The Morgan fingerprint density at radius 3 is 2.29 bits per heavy atom. The van der Waals surface area contributed by atoms with Gasteiger partial charge in [-0.1, -0.05) is 30.3 Å². The molecule has 1 N–H and O–H groups in total. The van der Waals surface area contributed by atoms with Gasteiger partial charge in [0.2, 0.25) is 5.89 Å². The first-order chi connectivity index (χ1) is 8.22. The summed E-state index contributed by atoms with van der Waals surface area (Å²) >= 11 is 0. The maximum atomic E-state index is 12.3. The van der Waals surface area contributed by atoms with Crippen LogP contribution in [0.2, 0.25) is 0 Å². The lowest BCUT2D eigenvalue weighted by Gasteiger charge is -2.11. The van der Waals surface area contributed by atoms with Crippen LogP contribution in [0, 0.1) is 0 Å². The van der Waals surface area contributed by atoms with E-state index in [1.165, 1.54) is 0 Å². The molecule has 0 aliphatic carbocycles. The summed E-state index contributed by atoms with van der Waals surface area (Å²) < 4.78 is 29.6. The van der Waals surface area contributed by atoms with Gasteiger partial charge in [0.25, 0.3) is 5.89 Å². The average Bonchev–Trinajstić information content (AvgIpc) is 2.81. The highest BCUT2D eigenvalue weighted by Crippen LogP contribution is 2.23. The zero-order chi connectivity index (χ0) is 12.3. The summed E-state index contributed by atoms with van der Waals surface area (Å²) in [6.07, 6.45) is -2.75. The molecule has 0 spiro atoms. The lowest BCUT2D eigenvalue weighted by molar-refractivity contribution is 0.112. The molecule has 0 aliphatic heterocycles. The first-order valence-corrected chi connectivity index (χ1v) is 5.06. The molecule has 0 aliphatic rings. The molecule has 0 saturated carbocycles. The Morgan fingerprint density at radius 2 is 1.76 bits per heavy atom. The van der Waals surface area contributed by atoms with Crippen molar-refractivity contribution in [3.63, 3.8) is 0 Å². The summed E-state index contributed by atoms with van der Waals surface area (Å²) in [6.45, 7) is 0. The second-order valence-corrected chi connectivity index (χ2v) is 3.41. The second-order valence-electron chi connectivity index (χ2n) is 3.41. The Morgan fingerprint density at radius 1 is 1.12 bits per heavy atom. The van der Waals surface area contributed by atoms with E-state index in [1.54, 1.807) is 7.05 Å². The maximum absolute atomic E-state index is 12.3. The van der Waals surface area contributed by atoms with E-state index in [-0.39, 0.29) is 11.9 Å². The van der Waals surface area contributed by atoms with Gasteiger partial charge in [0.15, 0.2) is 0 Å². The van der Waals surface area contributed by atoms with Crippen molar-refractivity contribution in [2.75, 3.05) is 7.05 Å². The van der Waals surface area contributed by atoms with Crippen molar-refractivity contribution in [3.8, 4) is 0 Å². The third kappa shape index (κ3) is 2.47. The van der Waals surface area contributed by atoms with Crippen LogP contribution in [0.3, 0.4) is 0 Å². The van der Waals surface area contributed by atoms with Gasteiger partial charge in [-0.15, -0.1) is 10.2 Å². The number of nitrogens with one attached hydrogen (secondary N) is 1. The smallest absolute Gasteiger partial charge is 0.314 e. The molecular formula is C11H11F2N3O. The molecule has 4 nitrogen and oxygen atoms in total. The minimum atomic E-state index is -2.75. The Balaban J connectivity index is 2.29. The van der Waals surface area contributed by atoms with Crippen LogP contribution in [-0.4, -0.2) is 17.2 Å². The van der Waals surface area contributed by atoms with Gasteiger partial charge >= 0.3 is 6.43 Å². The van der Waals surface area contributed by atoms with Gasteiger partial charge in [-0.2, -0.15) is 8.78 Å². The SMILES string of the molecule is CNC(c1ccccc1)c1nnc(C(F)F)o1. The minimum Gasteiger partial charge on any atom is -0.418 e. The standard InChI is InChI=1S/C11H11F2N3O/c1-14-8(7-5-3-2-4-6-7)10-15-16-11(17-10)9(12)13/h2-6,8-9,14H,1H3. The highest BCUT2D eigenvalue weighted by molar-refractivity contribution is 5.23. The number of aromatic nitrogens is 2. The third-order valence-electron chi connectivity index (χ3n) is 2.31. The van der Waals surface area contributed by atoms with E-state index in [9.17, 15) is 8.78 Å². The van der Waals surface area contributed by atoms with Crippen molar-refractivity contribution in [2.45, 2.75) is 12.5 Å². The van der Waals surface area contributed by atoms with Crippen LogP contribution in [0.1, 0.15) is 29.8 Å². The van der Waals surface area contributed by atoms with Crippen molar-refractivity contribution >= 4 is 0 Å². The molecule has 0 radical (unpaired) electrons. The summed E-state index contributed by atoms with van der Waals surface area (Å²) in [6, 6.07) is 8.90. The van der Waals surface area contributed by atoms with Gasteiger partial charge in [0.1, 0.15) is 6.04 Å². The van der Waals surface area contributed by atoms with E-state index in [4.69, 9.17) is 4.42 Å². The second kappa shape index (κ2) is 5.01. The van der Waals surface area contributed by atoms with Gasteiger partial charge in [0, 0.05) is 0 Å². The van der Waals surface area contributed by atoms with Crippen LogP contribution in [0.25, 0.3) is 0 Å². The maximum Gasteiger partial charge on any atom is 0.314 e. The molecule has 2 rings (SSSR count). The minimum absolute atomic E-state index is 0.133. The van der Waals surface area contributed by atoms with Crippen LogP contribution < -0.4 is 5.32 Å². The van der Waals surface area contributed by atoms with Gasteiger partial charge in [-0.05, 0) is 12.6 Å². The van der Waals surface area contributed by atoms with Crippen LogP contribution in [0.15, 0.2) is 34.7 Å². The molecule has 1 aromatic carbocycles. The van der Waals surface area contributed by atoms with Crippen LogP contribution in [0.5, 0.6) is 0 Å². The number of hydrogen-bond donors (Lipinski definition) is 1. The molecule has 2 aromatic rings. The molecule has 17 heavy (non-hydrogen) atoms. The summed E-state index contributed by atoms with van der Waals surface area (Å²) in [5.41, 5.74) is 0.875. The fourth-order valence-corrected chi connectivity index (χ4v) is 1.53. The summed E-state index contributed by atoms with van der Waals surface area (Å²) in [5, 5.41) is 9.87. The lowest BCUT2D eigenvalue weighted by atomic mass is 10.1. The zero-order valence-corrected chi connectivity index (χ0v) is 9.10. The van der Waals surface area contributed by atoms with Gasteiger partial charge < -0.3 is 9.73 Å². The largest absolute Gasteiger partial charge is 0.418 e. The molecule has 6 heteroatoms. The Hall–Kier alpha value is -1.82. The monoisotopic (exact) mass is 239 g/mol. The molecule has 1 heterocycles. The van der Waals surface area contributed by atoms with Crippen LogP contribution in [0.4, 0.5) is 8.78 Å². The number of halogens is 2. The van der Waals surface area contributed by atoms with Crippen molar-refractivity contribution < 1.29 is 13.2 Å². The molecule has 0 bridgehead atoms.